The summed E-state index contributed by atoms with van der Waals surface area (Å²) in [5.74, 6) is -0.00961. The van der Waals surface area contributed by atoms with Gasteiger partial charge >= 0.3 is 0 Å². The molecule has 1 aliphatic heterocycles. The fourth-order valence-corrected chi connectivity index (χ4v) is 5.52. The summed E-state index contributed by atoms with van der Waals surface area (Å²) in [6.07, 6.45) is 1.09. The predicted octanol–water partition coefficient (Wildman–Crippen LogP) is 2.93. The highest BCUT2D eigenvalue weighted by Crippen LogP contribution is 2.29. The number of hydrogen-bond donors (Lipinski definition) is 1. The molecule has 1 fully saturated rings. The number of aromatic nitrogens is 2. The number of aryl methyl sites for hydroxylation is 4. The van der Waals surface area contributed by atoms with E-state index in [0.717, 1.165) is 16.7 Å². The van der Waals surface area contributed by atoms with Gasteiger partial charge in [-0.3, -0.25) is 9.89 Å². The van der Waals surface area contributed by atoms with Crippen LogP contribution in [0.15, 0.2) is 23.1 Å². The average molecular weight is 375 g/mol. The lowest BCUT2D eigenvalue weighted by atomic mass is 9.87. The van der Waals surface area contributed by atoms with Gasteiger partial charge in [-0.25, -0.2) is 8.42 Å². The minimum atomic E-state index is -3.58. The van der Waals surface area contributed by atoms with Crippen molar-refractivity contribution in [2.45, 2.75) is 45.4 Å². The van der Waals surface area contributed by atoms with Crippen LogP contribution in [-0.2, 0) is 10.0 Å². The standard InChI is InChI=1S/C19H25N3O3S/c1-12-5-6-17(13(2)11-12)18(23)16-7-9-22(10-8-16)26(24,25)19-14(3)20-21-15(19)4/h5-6,11,16H,7-10H2,1-4H3,(H,20,21). The molecular weight excluding hydrogens is 350 g/mol. The van der Waals surface area contributed by atoms with Crippen LogP contribution >= 0.6 is 0 Å². The quantitative estimate of drug-likeness (QED) is 0.833. The van der Waals surface area contributed by atoms with Gasteiger partial charge in [0.15, 0.2) is 5.78 Å². The zero-order valence-corrected chi connectivity index (χ0v) is 16.5. The van der Waals surface area contributed by atoms with Crippen molar-refractivity contribution in [2.24, 2.45) is 5.92 Å². The van der Waals surface area contributed by atoms with E-state index in [1.807, 2.05) is 32.0 Å². The minimum absolute atomic E-state index is 0.121. The zero-order valence-electron chi connectivity index (χ0n) is 15.7. The number of ketones is 1. The van der Waals surface area contributed by atoms with Crippen molar-refractivity contribution in [3.63, 3.8) is 0 Å². The molecule has 3 rings (SSSR count). The van der Waals surface area contributed by atoms with Crippen LogP contribution in [0.25, 0.3) is 0 Å². The number of hydrogen-bond acceptors (Lipinski definition) is 4. The molecule has 140 valence electrons. The number of nitrogens with zero attached hydrogens (tertiary/aromatic N) is 2. The molecule has 1 saturated heterocycles. The Balaban J connectivity index is 1.74. The van der Waals surface area contributed by atoms with Crippen molar-refractivity contribution >= 4 is 15.8 Å². The molecule has 0 bridgehead atoms. The zero-order chi connectivity index (χ0) is 19.1. The number of H-pyrrole nitrogens is 1. The van der Waals surface area contributed by atoms with E-state index in [9.17, 15) is 13.2 Å². The van der Waals surface area contributed by atoms with Crippen LogP contribution in [-0.4, -0.2) is 41.8 Å². The highest BCUT2D eigenvalue weighted by Gasteiger charge is 2.35. The van der Waals surface area contributed by atoms with Gasteiger partial charge in [-0.05, 0) is 46.1 Å². The summed E-state index contributed by atoms with van der Waals surface area (Å²) in [7, 11) is -3.58. The summed E-state index contributed by atoms with van der Waals surface area (Å²) in [5, 5.41) is 6.72. The lowest BCUT2D eigenvalue weighted by Gasteiger charge is -2.30. The van der Waals surface area contributed by atoms with E-state index in [0.29, 0.717) is 37.3 Å². The Labute approximate surface area is 154 Å². The molecule has 6 nitrogen and oxygen atoms in total. The summed E-state index contributed by atoms with van der Waals surface area (Å²) >= 11 is 0. The summed E-state index contributed by atoms with van der Waals surface area (Å²) in [6.45, 7) is 8.06. The van der Waals surface area contributed by atoms with E-state index in [1.54, 1.807) is 13.8 Å². The Morgan fingerprint density at radius 3 is 2.35 bits per heavy atom. The first-order valence-corrected chi connectivity index (χ1v) is 10.3. The van der Waals surface area contributed by atoms with Crippen LogP contribution in [0.2, 0.25) is 0 Å². The highest BCUT2D eigenvalue weighted by molar-refractivity contribution is 7.89. The number of carbonyl (C=O) groups is 1. The van der Waals surface area contributed by atoms with Crippen LogP contribution < -0.4 is 0 Å². The summed E-state index contributed by atoms with van der Waals surface area (Å²) in [6, 6.07) is 5.84. The molecule has 0 unspecified atom stereocenters. The molecule has 2 heterocycles. The van der Waals surface area contributed by atoms with Gasteiger partial charge in [-0.15, -0.1) is 0 Å². The largest absolute Gasteiger partial charge is 0.294 e. The lowest BCUT2D eigenvalue weighted by Crippen LogP contribution is -2.40. The van der Waals surface area contributed by atoms with Gasteiger partial charge in [0.25, 0.3) is 0 Å². The molecule has 1 aromatic heterocycles. The fraction of sp³-hybridized carbons (Fsp3) is 0.474. The molecule has 0 spiro atoms. The van der Waals surface area contributed by atoms with E-state index in [4.69, 9.17) is 0 Å². The lowest BCUT2D eigenvalue weighted by molar-refractivity contribution is 0.0874. The first kappa shape index (κ1) is 18.8. The van der Waals surface area contributed by atoms with E-state index in [1.165, 1.54) is 4.31 Å². The van der Waals surface area contributed by atoms with E-state index < -0.39 is 10.0 Å². The van der Waals surface area contributed by atoms with Gasteiger partial charge in [0.1, 0.15) is 4.90 Å². The number of carbonyl (C=O) groups excluding carboxylic acids is 1. The maximum Gasteiger partial charge on any atom is 0.246 e. The maximum absolute atomic E-state index is 12.9. The first-order valence-electron chi connectivity index (χ1n) is 8.85. The number of aromatic amines is 1. The van der Waals surface area contributed by atoms with Gasteiger partial charge in [0.2, 0.25) is 10.0 Å². The van der Waals surface area contributed by atoms with E-state index in [-0.39, 0.29) is 16.6 Å². The molecule has 26 heavy (non-hydrogen) atoms. The molecule has 0 radical (unpaired) electrons. The third kappa shape index (κ3) is 3.33. The topological polar surface area (TPSA) is 83.1 Å². The van der Waals surface area contributed by atoms with Crippen LogP contribution in [0.5, 0.6) is 0 Å². The number of benzene rings is 1. The van der Waals surface area contributed by atoms with Gasteiger partial charge in [0, 0.05) is 24.6 Å². The summed E-state index contributed by atoms with van der Waals surface area (Å²) in [4.78, 5) is 13.1. The predicted molar refractivity (Wildman–Crippen MR) is 99.8 cm³/mol. The summed E-state index contributed by atoms with van der Waals surface area (Å²) in [5.41, 5.74) is 3.89. The molecule has 0 saturated carbocycles. The number of Topliss-reactive ketones (excluding diaryl/α,β-unsaturated/α-hetero) is 1. The van der Waals surface area contributed by atoms with E-state index >= 15 is 0 Å². The van der Waals surface area contributed by atoms with Crippen LogP contribution in [0.4, 0.5) is 0 Å². The Kier molecular flexibility index (Phi) is 5.03. The Morgan fingerprint density at radius 2 is 1.81 bits per heavy atom. The van der Waals surface area contributed by atoms with Gasteiger partial charge in [0.05, 0.1) is 11.4 Å². The molecule has 0 amide bonds. The summed E-state index contributed by atoms with van der Waals surface area (Å²) < 4.78 is 27.3. The number of nitrogens with one attached hydrogen (secondary N) is 1. The fourth-order valence-electron chi connectivity index (χ4n) is 3.72. The molecule has 7 heteroatoms. The van der Waals surface area contributed by atoms with Crippen LogP contribution in [0, 0.1) is 33.6 Å². The first-order chi connectivity index (χ1) is 12.2. The number of rotatable bonds is 4. The van der Waals surface area contributed by atoms with Gasteiger partial charge in [-0.2, -0.15) is 9.40 Å². The normalized spacial score (nSPS) is 16.8. The number of sulfonamides is 1. The van der Waals surface area contributed by atoms with E-state index in [2.05, 4.69) is 10.2 Å². The monoisotopic (exact) mass is 375 g/mol. The molecule has 1 aromatic carbocycles. The van der Waals surface area contributed by atoms with Crippen molar-refractivity contribution in [3.05, 3.63) is 46.3 Å². The molecule has 1 N–H and O–H groups in total. The van der Waals surface area contributed by atoms with Crippen molar-refractivity contribution < 1.29 is 13.2 Å². The van der Waals surface area contributed by atoms with Gasteiger partial charge < -0.3 is 0 Å². The molecule has 0 atom stereocenters. The minimum Gasteiger partial charge on any atom is -0.294 e. The Morgan fingerprint density at radius 1 is 1.15 bits per heavy atom. The van der Waals surface area contributed by atoms with Gasteiger partial charge in [-0.1, -0.05) is 23.8 Å². The Hall–Kier alpha value is -1.99. The highest BCUT2D eigenvalue weighted by atomic mass is 32.2. The second-order valence-electron chi connectivity index (χ2n) is 7.12. The number of piperidine rings is 1. The van der Waals surface area contributed by atoms with Crippen LogP contribution in [0.1, 0.15) is 45.7 Å². The molecule has 2 aromatic rings. The van der Waals surface area contributed by atoms with Crippen molar-refractivity contribution in [1.82, 2.24) is 14.5 Å². The second kappa shape index (κ2) is 6.96. The third-order valence-electron chi connectivity index (χ3n) is 5.13. The van der Waals surface area contributed by atoms with Crippen molar-refractivity contribution in [2.75, 3.05) is 13.1 Å². The van der Waals surface area contributed by atoms with Crippen molar-refractivity contribution in [1.29, 1.82) is 0 Å². The second-order valence-corrected chi connectivity index (χ2v) is 9.00. The average Bonchev–Trinajstić information content (AvgIpc) is 2.93. The molecule has 0 aliphatic carbocycles. The molecule has 1 aliphatic rings. The molecular formula is C19H25N3O3S. The Bertz CT molecular complexity index is 919. The van der Waals surface area contributed by atoms with Crippen molar-refractivity contribution in [3.8, 4) is 0 Å². The third-order valence-corrected chi connectivity index (χ3v) is 7.29. The smallest absolute Gasteiger partial charge is 0.246 e. The SMILES string of the molecule is Cc1ccc(C(=O)C2CCN(S(=O)(=O)c3c(C)n[nH]c3C)CC2)c(C)c1. The maximum atomic E-state index is 12.9. The van der Waals surface area contributed by atoms with Crippen LogP contribution in [0.3, 0.4) is 0 Å².